The van der Waals surface area contributed by atoms with Crippen LogP contribution in [0.3, 0.4) is 0 Å². The summed E-state index contributed by atoms with van der Waals surface area (Å²) in [5, 5.41) is 6.02. The van der Waals surface area contributed by atoms with Crippen molar-refractivity contribution >= 4 is 38.9 Å². The Morgan fingerprint density at radius 2 is 2.21 bits per heavy atom. The maximum Gasteiger partial charge on any atom is 0.128 e. The summed E-state index contributed by atoms with van der Waals surface area (Å²) in [6.45, 7) is 4.70. The number of benzene rings is 1. The zero-order valence-electron chi connectivity index (χ0n) is 10.6. The van der Waals surface area contributed by atoms with Crippen molar-refractivity contribution in [2.75, 3.05) is 6.54 Å². The third kappa shape index (κ3) is 3.19. The number of rotatable bonds is 4. The van der Waals surface area contributed by atoms with Gasteiger partial charge in [-0.05, 0) is 42.6 Å². The average molecular weight is 363 g/mol. The summed E-state index contributed by atoms with van der Waals surface area (Å²) in [5.74, 6) is -0.226. The molecule has 0 radical (unpaired) electrons. The summed E-state index contributed by atoms with van der Waals surface area (Å²) >= 11 is 11.3. The smallest absolute Gasteiger partial charge is 0.128 e. The van der Waals surface area contributed by atoms with Gasteiger partial charge < -0.3 is 5.32 Å². The Morgan fingerprint density at radius 1 is 1.47 bits per heavy atom. The highest BCUT2D eigenvalue weighted by Crippen LogP contribution is 2.37. The molecular weight excluding hydrogens is 349 g/mol. The standard InChI is InChI=1S/C14H14BrClFNS/c1-3-18-13(14-12(16)8(2)7-19-14)10-6-9(15)4-5-11(10)17/h4-7,13,18H,3H2,1-2H3. The monoisotopic (exact) mass is 361 g/mol. The summed E-state index contributed by atoms with van der Waals surface area (Å²) in [7, 11) is 0. The topological polar surface area (TPSA) is 12.0 Å². The summed E-state index contributed by atoms with van der Waals surface area (Å²) in [4.78, 5) is 0.956. The van der Waals surface area contributed by atoms with Crippen LogP contribution in [0.25, 0.3) is 0 Å². The van der Waals surface area contributed by atoms with Gasteiger partial charge in [0.25, 0.3) is 0 Å². The Bertz CT molecular complexity index is 585. The molecule has 1 atom stereocenters. The third-order valence-corrected chi connectivity index (χ3v) is 5.14. The molecular formula is C14H14BrClFNS. The fourth-order valence-electron chi connectivity index (χ4n) is 1.93. The Morgan fingerprint density at radius 3 is 2.79 bits per heavy atom. The van der Waals surface area contributed by atoms with Gasteiger partial charge in [0, 0.05) is 14.9 Å². The van der Waals surface area contributed by atoms with E-state index in [0.717, 1.165) is 26.5 Å². The molecule has 0 aliphatic carbocycles. The van der Waals surface area contributed by atoms with Crippen molar-refractivity contribution in [3.8, 4) is 0 Å². The molecule has 5 heteroatoms. The second-order valence-corrected chi connectivity index (χ2v) is 6.46. The summed E-state index contributed by atoms with van der Waals surface area (Å²) in [5.41, 5.74) is 1.64. The van der Waals surface area contributed by atoms with Crippen molar-refractivity contribution in [3.05, 3.63) is 54.9 Å². The lowest BCUT2D eigenvalue weighted by Gasteiger charge is -2.18. The van der Waals surface area contributed by atoms with Gasteiger partial charge in [0.1, 0.15) is 5.82 Å². The SMILES string of the molecule is CCNC(c1cc(Br)ccc1F)c1scc(C)c1Cl. The van der Waals surface area contributed by atoms with E-state index in [1.807, 2.05) is 19.2 Å². The van der Waals surface area contributed by atoms with E-state index in [-0.39, 0.29) is 11.9 Å². The molecule has 19 heavy (non-hydrogen) atoms. The molecule has 0 saturated heterocycles. The predicted octanol–water partition coefficient (Wildman–Crippen LogP) is 5.31. The number of nitrogens with one attached hydrogen (secondary N) is 1. The third-order valence-electron chi connectivity index (χ3n) is 2.86. The van der Waals surface area contributed by atoms with E-state index in [4.69, 9.17) is 11.6 Å². The van der Waals surface area contributed by atoms with Crippen LogP contribution in [0.4, 0.5) is 4.39 Å². The second-order valence-electron chi connectivity index (χ2n) is 4.25. The molecule has 0 spiro atoms. The molecule has 102 valence electrons. The highest BCUT2D eigenvalue weighted by atomic mass is 79.9. The molecule has 0 fully saturated rings. The number of halogens is 3. The van der Waals surface area contributed by atoms with E-state index in [2.05, 4.69) is 21.2 Å². The minimum Gasteiger partial charge on any atom is -0.306 e. The van der Waals surface area contributed by atoms with E-state index in [1.165, 1.54) is 6.07 Å². The van der Waals surface area contributed by atoms with E-state index >= 15 is 0 Å². The Kier molecular flexibility index (Phi) is 5.01. The first-order valence-electron chi connectivity index (χ1n) is 5.96. The maximum absolute atomic E-state index is 14.1. The van der Waals surface area contributed by atoms with Gasteiger partial charge in [-0.2, -0.15) is 0 Å². The lowest BCUT2D eigenvalue weighted by molar-refractivity contribution is 0.562. The van der Waals surface area contributed by atoms with Gasteiger partial charge in [0.2, 0.25) is 0 Å². The first-order valence-corrected chi connectivity index (χ1v) is 8.01. The predicted molar refractivity (Wildman–Crippen MR) is 83.7 cm³/mol. The zero-order chi connectivity index (χ0) is 14.0. The van der Waals surface area contributed by atoms with Crippen molar-refractivity contribution in [3.63, 3.8) is 0 Å². The van der Waals surface area contributed by atoms with Gasteiger partial charge >= 0.3 is 0 Å². The van der Waals surface area contributed by atoms with Gasteiger partial charge in [0.05, 0.1) is 11.1 Å². The Hall–Kier alpha value is -0.420. The second kappa shape index (κ2) is 6.35. The van der Waals surface area contributed by atoms with Crippen LogP contribution in [0.15, 0.2) is 28.1 Å². The van der Waals surface area contributed by atoms with Crippen LogP contribution >= 0.6 is 38.9 Å². The molecule has 2 rings (SSSR count). The van der Waals surface area contributed by atoms with E-state index in [0.29, 0.717) is 5.56 Å². The summed E-state index contributed by atoms with van der Waals surface area (Å²) in [6, 6.07) is 4.75. The molecule has 1 heterocycles. The number of hydrogen-bond donors (Lipinski definition) is 1. The normalized spacial score (nSPS) is 12.7. The van der Waals surface area contributed by atoms with Crippen LogP contribution in [0.5, 0.6) is 0 Å². The number of aryl methyl sites for hydroxylation is 1. The molecule has 0 bridgehead atoms. The van der Waals surface area contributed by atoms with E-state index in [9.17, 15) is 4.39 Å². The van der Waals surface area contributed by atoms with Crippen molar-refractivity contribution in [2.45, 2.75) is 19.9 Å². The van der Waals surface area contributed by atoms with Crippen molar-refractivity contribution in [2.24, 2.45) is 0 Å². The van der Waals surface area contributed by atoms with Crippen molar-refractivity contribution < 1.29 is 4.39 Å². The van der Waals surface area contributed by atoms with E-state index < -0.39 is 0 Å². The minimum absolute atomic E-state index is 0.214. The number of hydrogen-bond acceptors (Lipinski definition) is 2. The van der Waals surface area contributed by atoms with Crippen LogP contribution in [0.1, 0.15) is 29.0 Å². The van der Waals surface area contributed by atoms with Crippen LogP contribution in [-0.4, -0.2) is 6.54 Å². The zero-order valence-corrected chi connectivity index (χ0v) is 13.8. The molecule has 2 aromatic rings. The minimum atomic E-state index is -0.226. The maximum atomic E-state index is 14.1. The highest BCUT2D eigenvalue weighted by molar-refractivity contribution is 9.10. The van der Waals surface area contributed by atoms with E-state index in [1.54, 1.807) is 23.5 Å². The molecule has 1 unspecified atom stereocenters. The number of thiophene rings is 1. The Balaban J connectivity index is 2.51. The van der Waals surface area contributed by atoms with Crippen molar-refractivity contribution in [1.82, 2.24) is 5.32 Å². The summed E-state index contributed by atoms with van der Waals surface area (Å²) < 4.78 is 14.9. The first-order chi connectivity index (χ1) is 9.04. The average Bonchev–Trinajstić information content (AvgIpc) is 2.71. The van der Waals surface area contributed by atoms with Gasteiger partial charge in [0.15, 0.2) is 0 Å². The van der Waals surface area contributed by atoms with Crippen LogP contribution in [0.2, 0.25) is 5.02 Å². The molecule has 1 aromatic carbocycles. The van der Waals surface area contributed by atoms with Crippen LogP contribution in [-0.2, 0) is 0 Å². The van der Waals surface area contributed by atoms with Gasteiger partial charge in [-0.3, -0.25) is 0 Å². The van der Waals surface area contributed by atoms with Gasteiger partial charge in [-0.1, -0.05) is 34.5 Å². The lowest BCUT2D eigenvalue weighted by Crippen LogP contribution is -2.22. The first kappa shape index (κ1) is 15.0. The molecule has 1 N–H and O–H groups in total. The molecule has 1 aromatic heterocycles. The molecule has 1 nitrogen and oxygen atoms in total. The fourth-order valence-corrected chi connectivity index (χ4v) is 3.70. The van der Waals surface area contributed by atoms with Crippen LogP contribution in [0, 0.1) is 12.7 Å². The summed E-state index contributed by atoms with van der Waals surface area (Å²) in [6.07, 6.45) is 0. The van der Waals surface area contributed by atoms with Gasteiger partial charge in [-0.15, -0.1) is 11.3 Å². The highest BCUT2D eigenvalue weighted by Gasteiger charge is 2.22. The molecule has 0 amide bonds. The lowest BCUT2D eigenvalue weighted by atomic mass is 10.0. The van der Waals surface area contributed by atoms with Crippen molar-refractivity contribution in [1.29, 1.82) is 0 Å². The van der Waals surface area contributed by atoms with Gasteiger partial charge in [-0.25, -0.2) is 4.39 Å². The molecule has 0 aliphatic rings. The largest absolute Gasteiger partial charge is 0.306 e. The molecule has 0 saturated carbocycles. The van der Waals surface area contributed by atoms with Crippen LogP contribution < -0.4 is 5.32 Å². The molecule has 0 aliphatic heterocycles. The fraction of sp³-hybridized carbons (Fsp3) is 0.286. The Labute approximate surface area is 129 Å². The quantitative estimate of drug-likeness (QED) is 0.777.